The second-order valence-electron chi connectivity index (χ2n) is 4.29. The maximum atomic E-state index is 11.8. The van der Waals surface area contributed by atoms with Gasteiger partial charge in [0.15, 0.2) is 0 Å². The normalized spacial score (nSPS) is 12.1. The molecule has 0 spiro atoms. The lowest BCUT2D eigenvalue weighted by molar-refractivity contribution is -0.138. The predicted octanol–water partition coefficient (Wildman–Crippen LogP) is 3.57. The third kappa shape index (κ3) is 5.30. The van der Waals surface area contributed by atoms with Crippen molar-refractivity contribution in [1.82, 2.24) is 0 Å². The number of ether oxygens (including phenoxy) is 2. The lowest BCUT2D eigenvalue weighted by Gasteiger charge is -2.05. The number of hydrogen-bond donors (Lipinski definition) is 1. The molecule has 0 amide bonds. The first kappa shape index (κ1) is 16.8. The molecule has 114 valence electrons. The van der Waals surface area contributed by atoms with Gasteiger partial charge in [-0.3, -0.25) is 4.99 Å². The molecule has 5 heteroatoms. The van der Waals surface area contributed by atoms with E-state index in [0.717, 1.165) is 12.2 Å². The molecule has 0 unspecified atom stereocenters. The highest BCUT2D eigenvalue weighted by Crippen LogP contribution is 2.18. The Kier molecular flexibility index (Phi) is 7.01. The molecule has 0 bridgehead atoms. The second-order valence-corrected chi connectivity index (χ2v) is 4.29. The molecule has 1 rings (SSSR count). The van der Waals surface area contributed by atoms with Gasteiger partial charge in [0.1, 0.15) is 17.1 Å². The number of allylic oxidation sites excluding steroid dienone is 1. The molecule has 0 radical (unpaired) electrons. The van der Waals surface area contributed by atoms with Crippen LogP contribution in [0.15, 0.2) is 40.6 Å². The zero-order valence-corrected chi connectivity index (χ0v) is 12.6. The number of rotatable bonds is 7. The maximum Gasteiger partial charge on any atom is 0.343 e. The van der Waals surface area contributed by atoms with Crippen LogP contribution in [0.5, 0.6) is 5.75 Å². The number of esters is 1. The third-order valence-corrected chi connectivity index (χ3v) is 2.71. The average Bonchev–Trinajstić information content (AvgIpc) is 2.48. The molecule has 0 saturated heterocycles. The van der Waals surface area contributed by atoms with Gasteiger partial charge in [0.2, 0.25) is 0 Å². The zero-order valence-electron chi connectivity index (χ0n) is 12.6. The minimum absolute atomic E-state index is 0.00629. The lowest BCUT2D eigenvalue weighted by atomic mass is 10.1. The van der Waals surface area contributed by atoms with E-state index in [4.69, 9.17) is 9.47 Å². The molecular weight excluding hydrogens is 270 g/mol. The Morgan fingerprint density at radius 2 is 1.95 bits per heavy atom. The number of hydrogen-bond acceptors (Lipinski definition) is 5. The van der Waals surface area contributed by atoms with Crippen LogP contribution >= 0.6 is 0 Å². The number of aliphatic hydroxyl groups excluding tert-OH is 1. The predicted molar refractivity (Wildman–Crippen MR) is 82.3 cm³/mol. The monoisotopic (exact) mass is 291 g/mol. The summed E-state index contributed by atoms with van der Waals surface area (Å²) in [5.41, 5.74) is 0.747. The van der Waals surface area contributed by atoms with Crippen LogP contribution in [0.25, 0.3) is 0 Å². The van der Waals surface area contributed by atoms with Gasteiger partial charge in [0.25, 0.3) is 0 Å². The van der Waals surface area contributed by atoms with E-state index in [1.807, 2.05) is 6.92 Å². The van der Waals surface area contributed by atoms with Crippen molar-refractivity contribution in [2.75, 3.05) is 13.7 Å². The van der Waals surface area contributed by atoms with Gasteiger partial charge in [-0.05, 0) is 37.6 Å². The van der Waals surface area contributed by atoms with Gasteiger partial charge in [-0.25, -0.2) is 4.79 Å². The van der Waals surface area contributed by atoms with E-state index < -0.39 is 5.97 Å². The standard InChI is InChI=1S/C16H21NO4/c1-4-6-15(18)14(16(19)21-5-2)11-17-12-7-9-13(20-3)10-8-12/h7-11,18H,4-6H2,1-3H3. The van der Waals surface area contributed by atoms with Crippen LogP contribution in [0, 0.1) is 0 Å². The number of carbonyl (C=O) groups is 1. The van der Waals surface area contributed by atoms with Gasteiger partial charge >= 0.3 is 5.97 Å². The van der Waals surface area contributed by atoms with Crippen LogP contribution in [0.3, 0.4) is 0 Å². The molecule has 0 aliphatic heterocycles. The van der Waals surface area contributed by atoms with Crippen molar-refractivity contribution in [2.24, 2.45) is 4.99 Å². The largest absolute Gasteiger partial charge is 0.511 e. The Morgan fingerprint density at radius 3 is 2.48 bits per heavy atom. The van der Waals surface area contributed by atoms with Crippen LogP contribution in [-0.2, 0) is 9.53 Å². The summed E-state index contributed by atoms with van der Waals surface area (Å²) in [6.07, 6.45) is 2.47. The van der Waals surface area contributed by atoms with Crippen LogP contribution in [-0.4, -0.2) is 31.0 Å². The van der Waals surface area contributed by atoms with Crippen LogP contribution in [0.1, 0.15) is 26.7 Å². The number of benzene rings is 1. The smallest absolute Gasteiger partial charge is 0.343 e. The fraction of sp³-hybridized carbons (Fsp3) is 0.375. The van der Waals surface area contributed by atoms with E-state index in [9.17, 15) is 9.90 Å². The van der Waals surface area contributed by atoms with Crippen molar-refractivity contribution in [1.29, 1.82) is 0 Å². The van der Waals surface area contributed by atoms with E-state index in [0.29, 0.717) is 12.1 Å². The number of aliphatic hydroxyl groups is 1. The summed E-state index contributed by atoms with van der Waals surface area (Å²) in [6.45, 7) is 3.88. The molecule has 1 aromatic rings. The van der Waals surface area contributed by atoms with Gasteiger partial charge < -0.3 is 14.6 Å². The first-order valence-electron chi connectivity index (χ1n) is 6.89. The number of carbonyl (C=O) groups excluding carboxylic acids is 1. The minimum atomic E-state index is -0.569. The zero-order chi connectivity index (χ0) is 15.7. The molecule has 1 aromatic carbocycles. The highest BCUT2D eigenvalue weighted by molar-refractivity contribution is 6.10. The summed E-state index contributed by atoms with van der Waals surface area (Å²) in [4.78, 5) is 16.0. The van der Waals surface area contributed by atoms with Crippen LogP contribution in [0.4, 0.5) is 5.69 Å². The molecular formula is C16H21NO4. The van der Waals surface area contributed by atoms with Crippen molar-refractivity contribution in [3.63, 3.8) is 0 Å². The summed E-state index contributed by atoms with van der Waals surface area (Å²) in [5.74, 6) is 0.151. The van der Waals surface area contributed by atoms with Crippen LogP contribution in [0.2, 0.25) is 0 Å². The summed E-state index contributed by atoms with van der Waals surface area (Å²) in [7, 11) is 1.59. The maximum absolute atomic E-state index is 11.8. The number of aliphatic imine (C=N–C) groups is 1. The SMILES string of the molecule is CCCC(O)=C(C=Nc1ccc(OC)cc1)C(=O)OCC. The molecule has 0 aliphatic rings. The molecule has 0 aliphatic carbocycles. The van der Waals surface area contributed by atoms with E-state index in [1.54, 1.807) is 38.3 Å². The molecule has 0 aromatic heterocycles. The van der Waals surface area contributed by atoms with Gasteiger partial charge in [0, 0.05) is 12.6 Å². The fourth-order valence-corrected chi connectivity index (χ4v) is 1.63. The Balaban J connectivity index is 2.96. The number of nitrogens with zero attached hydrogens (tertiary/aromatic N) is 1. The highest BCUT2D eigenvalue weighted by Gasteiger charge is 2.14. The Morgan fingerprint density at radius 1 is 1.29 bits per heavy atom. The van der Waals surface area contributed by atoms with Crippen LogP contribution < -0.4 is 4.74 Å². The van der Waals surface area contributed by atoms with Crippen molar-refractivity contribution in [2.45, 2.75) is 26.7 Å². The molecule has 1 N–H and O–H groups in total. The quantitative estimate of drug-likeness (QED) is 0.361. The minimum Gasteiger partial charge on any atom is -0.511 e. The first-order valence-corrected chi connectivity index (χ1v) is 6.89. The van der Waals surface area contributed by atoms with E-state index in [-0.39, 0.29) is 17.9 Å². The molecule has 0 atom stereocenters. The fourth-order valence-electron chi connectivity index (χ4n) is 1.63. The molecule has 5 nitrogen and oxygen atoms in total. The van der Waals surface area contributed by atoms with E-state index in [2.05, 4.69) is 4.99 Å². The van der Waals surface area contributed by atoms with Crippen molar-refractivity contribution >= 4 is 17.9 Å². The Hall–Kier alpha value is -2.30. The summed E-state index contributed by atoms with van der Waals surface area (Å²) in [6, 6.07) is 7.06. The van der Waals surface area contributed by atoms with Gasteiger partial charge in [-0.15, -0.1) is 0 Å². The Bertz CT molecular complexity index is 518. The Labute approximate surface area is 124 Å². The average molecular weight is 291 g/mol. The summed E-state index contributed by atoms with van der Waals surface area (Å²) >= 11 is 0. The van der Waals surface area contributed by atoms with Gasteiger partial charge in [-0.1, -0.05) is 6.92 Å². The summed E-state index contributed by atoms with van der Waals surface area (Å²) in [5, 5.41) is 9.93. The molecule has 0 fully saturated rings. The highest BCUT2D eigenvalue weighted by atomic mass is 16.5. The number of methoxy groups -OCH3 is 1. The van der Waals surface area contributed by atoms with Crippen molar-refractivity contribution in [3.8, 4) is 5.75 Å². The van der Waals surface area contributed by atoms with E-state index in [1.165, 1.54) is 6.21 Å². The third-order valence-electron chi connectivity index (χ3n) is 2.71. The molecule has 0 heterocycles. The first-order chi connectivity index (χ1) is 10.1. The molecule has 21 heavy (non-hydrogen) atoms. The summed E-state index contributed by atoms with van der Waals surface area (Å²) < 4.78 is 9.99. The second kappa shape index (κ2) is 8.79. The molecule has 0 saturated carbocycles. The van der Waals surface area contributed by atoms with E-state index >= 15 is 0 Å². The van der Waals surface area contributed by atoms with Crippen molar-refractivity contribution < 1.29 is 19.4 Å². The lowest BCUT2D eigenvalue weighted by Crippen LogP contribution is -2.11. The van der Waals surface area contributed by atoms with Gasteiger partial charge in [0.05, 0.1) is 19.4 Å². The van der Waals surface area contributed by atoms with Gasteiger partial charge in [-0.2, -0.15) is 0 Å². The topological polar surface area (TPSA) is 68.1 Å². The van der Waals surface area contributed by atoms with Crippen molar-refractivity contribution in [3.05, 3.63) is 35.6 Å².